The second-order valence-corrected chi connectivity index (χ2v) is 4.70. The standard InChI is InChI=1S/C15H26N2/c1-4-6-7-10-14(16-5-2)13(3)15-11-8-9-12-17-15/h8-9,11-14,16H,4-7,10H2,1-3H3. The van der Waals surface area contributed by atoms with Crippen LogP contribution in [0.3, 0.4) is 0 Å². The topological polar surface area (TPSA) is 24.9 Å². The largest absolute Gasteiger partial charge is 0.314 e. The lowest BCUT2D eigenvalue weighted by Gasteiger charge is -2.24. The second-order valence-electron chi connectivity index (χ2n) is 4.70. The van der Waals surface area contributed by atoms with Crippen molar-refractivity contribution < 1.29 is 0 Å². The van der Waals surface area contributed by atoms with Crippen molar-refractivity contribution in [3.63, 3.8) is 0 Å². The molecule has 17 heavy (non-hydrogen) atoms. The molecule has 1 N–H and O–H groups in total. The van der Waals surface area contributed by atoms with Crippen LogP contribution < -0.4 is 5.32 Å². The smallest absolute Gasteiger partial charge is 0.0447 e. The Hall–Kier alpha value is -0.890. The van der Waals surface area contributed by atoms with E-state index in [1.165, 1.54) is 31.4 Å². The van der Waals surface area contributed by atoms with Gasteiger partial charge < -0.3 is 5.32 Å². The second kappa shape index (κ2) is 8.24. The lowest BCUT2D eigenvalue weighted by molar-refractivity contribution is 0.412. The highest BCUT2D eigenvalue weighted by Crippen LogP contribution is 2.20. The molecule has 0 radical (unpaired) electrons. The Morgan fingerprint density at radius 3 is 2.65 bits per heavy atom. The fourth-order valence-electron chi connectivity index (χ4n) is 2.26. The van der Waals surface area contributed by atoms with Crippen molar-refractivity contribution in [2.45, 2.75) is 58.4 Å². The van der Waals surface area contributed by atoms with Gasteiger partial charge in [0.05, 0.1) is 0 Å². The molecule has 1 aromatic heterocycles. The summed E-state index contributed by atoms with van der Waals surface area (Å²) in [6.07, 6.45) is 7.07. The zero-order valence-corrected chi connectivity index (χ0v) is 11.4. The summed E-state index contributed by atoms with van der Waals surface area (Å²) in [5.41, 5.74) is 1.20. The van der Waals surface area contributed by atoms with E-state index in [9.17, 15) is 0 Å². The maximum absolute atomic E-state index is 4.47. The van der Waals surface area contributed by atoms with Gasteiger partial charge in [-0.3, -0.25) is 4.98 Å². The molecule has 2 nitrogen and oxygen atoms in total. The fraction of sp³-hybridized carbons (Fsp3) is 0.667. The maximum Gasteiger partial charge on any atom is 0.0447 e. The molecule has 2 unspecified atom stereocenters. The summed E-state index contributed by atoms with van der Waals surface area (Å²) >= 11 is 0. The van der Waals surface area contributed by atoms with Gasteiger partial charge in [0, 0.05) is 23.9 Å². The summed E-state index contributed by atoms with van der Waals surface area (Å²) in [5.74, 6) is 0.494. The average molecular weight is 234 g/mol. The third-order valence-corrected chi connectivity index (χ3v) is 3.34. The van der Waals surface area contributed by atoms with Gasteiger partial charge in [-0.2, -0.15) is 0 Å². The first-order chi connectivity index (χ1) is 8.29. The number of nitrogens with one attached hydrogen (secondary N) is 1. The molecule has 2 atom stereocenters. The molecule has 0 saturated carbocycles. The molecule has 0 spiro atoms. The molecular weight excluding hydrogens is 208 g/mol. The van der Waals surface area contributed by atoms with Crippen molar-refractivity contribution in [3.05, 3.63) is 30.1 Å². The lowest BCUT2D eigenvalue weighted by Crippen LogP contribution is -2.34. The number of hydrogen-bond acceptors (Lipinski definition) is 2. The van der Waals surface area contributed by atoms with Gasteiger partial charge in [0.25, 0.3) is 0 Å². The van der Waals surface area contributed by atoms with E-state index in [4.69, 9.17) is 0 Å². The Kier molecular flexibility index (Phi) is 6.87. The van der Waals surface area contributed by atoms with E-state index >= 15 is 0 Å². The number of hydrogen-bond donors (Lipinski definition) is 1. The van der Waals surface area contributed by atoms with E-state index < -0.39 is 0 Å². The monoisotopic (exact) mass is 234 g/mol. The van der Waals surface area contributed by atoms with Gasteiger partial charge >= 0.3 is 0 Å². The summed E-state index contributed by atoms with van der Waals surface area (Å²) in [6, 6.07) is 6.75. The SMILES string of the molecule is CCCCCC(NCC)C(C)c1ccccn1. The first kappa shape index (κ1) is 14.2. The van der Waals surface area contributed by atoms with Crippen LogP contribution in [0.15, 0.2) is 24.4 Å². The Balaban J connectivity index is 2.56. The van der Waals surface area contributed by atoms with Gasteiger partial charge in [0.1, 0.15) is 0 Å². The molecule has 0 aliphatic heterocycles. The van der Waals surface area contributed by atoms with Gasteiger partial charge in [0.15, 0.2) is 0 Å². The van der Waals surface area contributed by atoms with Crippen molar-refractivity contribution >= 4 is 0 Å². The molecule has 1 rings (SSSR count). The van der Waals surface area contributed by atoms with Crippen LogP contribution in [0.1, 0.15) is 58.1 Å². The number of pyridine rings is 1. The minimum absolute atomic E-state index is 0.494. The van der Waals surface area contributed by atoms with E-state index in [0.717, 1.165) is 6.54 Å². The van der Waals surface area contributed by atoms with Crippen LogP contribution >= 0.6 is 0 Å². The van der Waals surface area contributed by atoms with Crippen molar-refractivity contribution in [2.75, 3.05) is 6.54 Å². The zero-order chi connectivity index (χ0) is 12.5. The van der Waals surface area contributed by atoms with E-state index in [1.807, 2.05) is 12.3 Å². The van der Waals surface area contributed by atoms with E-state index in [1.54, 1.807) is 0 Å². The normalized spacial score (nSPS) is 14.5. The van der Waals surface area contributed by atoms with Crippen LogP contribution in [-0.2, 0) is 0 Å². The molecule has 1 aromatic rings. The van der Waals surface area contributed by atoms with Crippen molar-refractivity contribution in [3.8, 4) is 0 Å². The van der Waals surface area contributed by atoms with Gasteiger partial charge in [-0.25, -0.2) is 0 Å². The molecule has 0 fully saturated rings. The quantitative estimate of drug-likeness (QED) is 0.693. The Labute approximate surface area is 106 Å². The van der Waals surface area contributed by atoms with Crippen LogP contribution in [0.4, 0.5) is 0 Å². The van der Waals surface area contributed by atoms with Crippen LogP contribution in [0, 0.1) is 0 Å². The number of nitrogens with zero attached hydrogens (tertiary/aromatic N) is 1. The van der Waals surface area contributed by atoms with Gasteiger partial charge in [0.2, 0.25) is 0 Å². The minimum Gasteiger partial charge on any atom is -0.314 e. The minimum atomic E-state index is 0.494. The average Bonchev–Trinajstić information content (AvgIpc) is 2.38. The molecule has 2 heteroatoms. The third-order valence-electron chi connectivity index (χ3n) is 3.34. The predicted molar refractivity (Wildman–Crippen MR) is 74.3 cm³/mol. The molecule has 0 amide bonds. The molecule has 0 saturated heterocycles. The van der Waals surface area contributed by atoms with Crippen LogP contribution in [-0.4, -0.2) is 17.6 Å². The molecule has 0 aliphatic carbocycles. The summed E-state index contributed by atoms with van der Waals surface area (Å²) in [7, 11) is 0. The van der Waals surface area contributed by atoms with Crippen molar-refractivity contribution in [1.29, 1.82) is 0 Å². The van der Waals surface area contributed by atoms with Crippen molar-refractivity contribution in [2.24, 2.45) is 0 Å². The van der Waals surface area contributed by atoms with Gasteiger partial charge in [-0.05, 0) is 25.1 Å². The molecule has 0 aliphatic rings. The van der Waals surface area contributed by atoms with Crippen LogP contribution in [0.25, 0.3) is 0 Å². The summed E-state index contributed by atoms with van der Waals surface area (Å²) in [4.78, 5) is 4.47. The first-order valence-electron chi connectivity index (χ1n) is 6.93. The number of aromatic nitrogens is 1. The summed E-state index contributed by atoms with van der Waals surface area (Å²) in [5, 5.41) is 3.60. The summed E-state index contributed by atoms with van der Waals surface area (Å²) in [6.45, 7) is 7.75. The zero-order valence-electron chi connectivity index (χ0n) is 11.4. The summed E-state index contributed by atoms with van der Waals surface area (Å²) < 4.78 is 0. The molecule has 96 valence electrons. The fourth-order valence-corrected chi connectivity index (χ4v) is 2.26. The van der Waals surface area contributed by atoms with Gasteiger partial charge in [-0.1, -0.05) is 46.1 Å². The molecular formula is C15H26N2. The van der Waals surface area contributed by atoms with E-state index in [-0.39, 0.29) is 0 Å². The maximum atomic E-state index is 4.47. The highest BCUT2D eigenvalue weighted by atomic mass is 14.9. The molecule has 0 bridgehead atoms. The number of unbranched alkanes of at least 4 members (excludes halogenated alkanes) is 2. The van der Waals surface area contributed by atoms with E-state index in [2.05, 4.69) is 43.2 Å². The van der Waals surface area contributed by atoms with Crippen molar-refractivity contribution in [1.82, 2.24) is 10.3 Å². The lowest BCUT2D eigenvalue weighted by atomic mass is 9.93. The number of rotatable bonds is 8. The van der Waals surface area contributed by atoms with Crippen LogP contribution in [0.2, 0.25) is 0 Å². The number of likely N-dealkylation sites (N-methyl/N-ethyl adjacent to an activating group) is 1. The first-order valence-corrected chi connectivity index (χ1v) is 6.93. The molecule has 1 heterocycles. The van der Waals surface area contributed by atoms with Crippen LogP contribution in [0.5, 0.6) is 0 Å². The third kappa shape index (κ3) is 4.86. The predicted octanol–water partition coefficient (Wildman–Crippen LogP) is 3.74. The Morgan fingerprint density at radius 2 is 2.06 bits per heavy atom. The van der Waals surface area contributed by atoms with Gasteiger partial charge in [-0.15, -0.1) is 0 Å². The highest BCUT2D eigenvalue weighted by molar-refractivity contribution is 5.11. The Morgan fingerprint density at radius 1 is 1.24 bits per heavy atom. The van der Waals surface area contributed by atoms with E-state index in [0.29, 0.717) is 12.0 Å². The Bertz CT molecular complexity index is 284. The molecule has 0 aromatic carbocycles. The highest BCUT2D eigenvalue weighted by Gasteiger charge is 2.18.